The van der Waals surface area contributed by atoms with Gasteiger partial charge in [-0.2, -0.15) is 0 Å². The van der Waals surface area contributed by atoms with Crippen LogP contribution < -0.4 is 4.90 Å². The van der Waals surface area contributed by atoms with Crippen molar-refractivity contribution in [1.82, 2.24) is 4.90 Å². The molecule has 1 aliphatic carbocycles. The molecule has 1 saturated carbocycles. The van der Waals surface area contributed by atoms with Gasteiger partial charge in [0.05, 0.1) is 11.5 Å². The molecule has 0 bridgehead atoms. The Morgan fingerprint density at radius 1 is 1.15 bits per heavy atom. The Bertz CT molecular complexity index is 687. The average Bonchev–Trinajstić information content (AvgIpc) is 2.94. The van der Waals surface area contributed by atoms with Crippen LogP contribution in [0.4, 0.5) is 5.69 Å². The summed E-state index contributed by atoms with van der Waals surface area (Å²) in [5.41, 5.74) is 2.04. The maximum atomic E-state index is 13.4. The molecule has 1 N–H and O–H groups in total. The fraction of sp³-hybridized carbons (Fsp3) is 0.667. The molecule has 2 aliphatic heterocycles. The fourth-order valence-electron chi connectivity index (χ4n) is 5.22. The lowest BCUT2D eigenvalue weighted by Gasteiger charge is -2.42. The number of anilines is 1. The molecule has 1 amide bonds. The van der Waals surface area contributed by atoms with Crippen LogP contribution in [0.3, 0.4) is 0 Å². The summed E-state index contributed by atoms with van der Waals surface area (Å²) in [6.45, 7) is 4.74. The SMILES string of the molecule is Cc1c(Cl)cccc1N1CCC[C@]2(CCN([C@H]3CC[C@H](O)CC3)C2=O)C1. The highest BCUT2D eigenvalue weighted by Gasteiger charge is 2.50. The normalized spacial score (nSPS) is 32.5. The van der Waals surface area contributed by atoms with Crippen molar-refractivity contribution in [2.75, 3.05) is 24.5 Å². The Hall–Kier alpha value is -1.26. The predicted molar refractivity (Wildman–Crippen MR) is 105 cm³/mol. The van der Waals surface area contributed by atoms with Crippen molar-refractivity contribution in [2.45, 2.75) is 64.0 Å². The van der Waals surface area contributed by atoms with Crippen molar-refractivity contribution < 1.29 is 9.90 Å². The zero-order valence-electron chi connectivity index (χ0n) is 15.6. The van der Waals surface area contributed by atoms with E-state index in [1.807, 2.05) is 12.1 Å². The second kappa shape index (κ2) is 7.05. The third-order valence-corrected chi connectivity index (χ3v) is 7.22. The first kappa shape index (κ1) is 18.1. The summed E-state index contributed by atoms with van der Waals surface area (Å²) < 4.78 is 0. The molecule has 2 heterocycles. The molecule has 1 aromatic rings. The lowest BCUT2D eigenvalue weighted by molar-refractivity contribution is -0.139. The number of piperidine rings is 1. The van der Waals surface area contributed by atoms with Crippen LogP contribution in [-0.2, 0) is 4.79 Å². The molecule has 1 spiro atoms. The summed E-state index contributed by atoms with van der Waals surface area (Å²) in [7, 11) is 0. The van der Waals surface area contributed by atoms with Gasteiger partial charge in [-0.25, -0.2) is 0 Å². The lowest BCUT2D eigenvalue weighted by Crippen LogP contribution is -2.50. The van der Waals surface area contributed by atoms with Gasteiger partial charge in [-0.15, -0.1) is 0 Å². The number of carbonyl (C=O) groups excluding carboxylic acids is 1. The summed E-state index contributed by atoms with van der Waals surface area (Å²) in [5.74, 6) is 0.350. The van der Waals surface area contributed by atoms with Gasteiger partial charge in [0.15, 0.2) is 0 Å². The number of halogens is 1. The highest BCUT2D eigenvalue weighted by atomic mass is 35.5. The van der Waals surface area contributed by atoms with Crippen LogP contribution in [0.25, 0.3) is 0 Å². The van der Waals surface area contributed by atoms with Gasteiger partial charge in [0.25, 0.3) is 0 Å². The van der Waals surface area contributed by atoms with Gasteiger partial charge in [0, 0.05) is 36.4 Å². The number of hydrogen-bond acceptors (Lipinski definition) is 3. The number of nitrogens with zero attached hydrogens (tertiary/aromatic N) is 2. The van der Waals surface area contributed by atoms with Gasteiger partial charge in [0.2, 0.25) is 5.91 Å². The van der Waals surface area contributed by atoms with E-state index in [0.29, 0.717) is 11.9 Å². The molecule has 5 heteroatoms. The molecular formula is C21H29ClN2O2. The molecule has 142 valence electrons. The number of aliphatic hydroxyl groups is 1. The molecule has 3 aliphatic rings. The van der Waals surface area contributed by atoms with Gasteiger partial charge in [-0.3, -0.25) is 4.79 Å². The van der Waals surface area contributed by atoms with E-state index in [4.69, 9.17) is 11.6 Å². The minimum absolute atomic E-state index is 0.172. The Morgan fingerprint density at radius 3 is 2.69 bits per heavy atom. The highest BCUT2D eigenvalue weighted by molar-refractivity contribution is 6.31. The van der Waals surface area contributed by atoms with Gasteiger partial charge in [-0.05, 0) is 69.6 Å². The van der Waals surface area contributed by atoms with Crippen molar-refractivity contribution >= 4 is 23.2 Å². The molecule has 4 nitrogen and oxygen atoms in total. The number of amides is 1. The van der Waals surface area contributed by atoms with E-state index >= 15 is 0 Å². The molecule has 26 heavy (non-hydrogen) atoms. The monoisotopic (exact) mass is 376 g/mol. The first-order valence-corrected chi connectivity index (χ1v) is 10.4. The first-order chi connectivity index (χ1) is 12.5. The van der Waals surface area contributed by atoms with Crippen LogP contribution in [0.5, 0.6) is 0 Å². The number of hydrogen-bond donors (Lipinski definition) is 1. The number of benzene rings is 1. The van der Waals surface area contributed by atoms with Gasteiger partial charge < -0.3 is 14.9 Å². The van der Waals surface area contributed by atoms with Crippen LogP contribution in [0.2, 0.25) is 5.02 Å². The first-order valence-electron chi connectivity index (χ1n) is 9.99. The maximum Gasteiger partial charge on any atom is 0.230 e. The Balaban J connectivity index is 1.52. The van der Waals surface area contributed by atoms with Crippen LogP contribution in [0.1, 0.15) is 50.5 Å². The van der Waals surface area contributed by atoms with Gasteiger partial charge in [-0.1, -0.05) is 17.7 Å². The topological polar surface area (TPSA) is 43.8 Å². The van der Waals surface area contributed by atoms with Crippen molar-refractivity contribution in [1.29, 1.82) is 0 Å². The van der Waals surface area contributed by atoms with Crippen molar-refractivity contribution in [3.63, 3.8) is 0 Å². The third-order valence-electron chi connectivity index (χ3n) is 6.81. The van der Waals surface area contributed by atoms with E-state index in [9.17, 15) is 9.90 Å². The Labute approximate surface area is 161 Å². The lowest BCUT2D eigenvalue weighted by atomic mass is 9.78. The number of likely N-dealkylation sites (tertiary alicyclic amines) is 1. The molecule has 4 rings (SSSR count). The molecule has 2 saturated heterocycles. The molecule has 0 radical (unpaired) electrons. The second-order valence-electron chi connectivity index (χ2n) is 8.40. The van der Waals surface area contributed by atoms with Crippen LogP contribution in [0, 0.1) is 12.3 Å². The van der Waals surface area contributed by atoms with E-state index < -0.39 is 0 Å². The predicted octanol–water partition coefficient (Wildman–Crippen LogP) is 3.77. The third kappa shape index (κ3) is 3.11. The minimum atomic E-state index is -0.233. The largest absolute Gasteiger partial charge is 0.393 e. The molecule has 3 fully saturated rings. The number of aliphatic hydroxyl groups excluding tert-OH is 1. The minimum Gasteiger partial charge on any atom is -0.393 e. The van der Waals surface area contributed by atoms with Crippen LogP contribution in [-0.4, -0.2) is 47.7 Å². The smallest absolute Gasteiger partial charge is 0.230 e. The summed E-state index contributed by atoms with van der Waals surface area (Å²) in [6, 6.07) is 6.38. The van der Waals surface area contributed by atoms with E-state index in [-0.39, 0.29) is 11.5 Å². The van der Waals surface area contributed by atoms with Crippen LogP contribution >= 0.6 is 11.6 Å². The zero-order valence-corrected chi connectivity index (χ0v) is 16.3. The van der Waals surface area contributed by atoms with Crippen molar-refractivity contribution in [3.8, 4) is 0 Å². The summed E-state index contributed by atoms with van der Waals surface area (Å²) in [5, 5.41) is 10.6. The molecule has 1 atom stereocenters. The van der Waals surface area contributed by atoms with E-state index in [1.165, 1.54) is 5.69 Å². The van der Waals surface area contributed by atoms with Gasteiger partial charge in [0.1, 0.15) is 0 Å². The molecule has 0 aromatic heterocycles. The van der Waals surface area contributed by atoms with E-state index in [2.05, 4.69) is 22.8 Å². The van der Waals surface area contributed by atoms with E-state index in [0.717, 1.165) is 75.2 Å². The zero-order chi connectivity index (χ0) is 18.3. The second-order valence-corrected chi connectivity index (χ2v) is 8.81. The van der Waals surface area contributed by atoms with E-state index in [1.54, 1.807) is 0 Å². The number of carbonyl (C=O) groups is 1. The average molecular weight is 377 g/mol. The fourth-order valence-corrected chi connectivity index (χ4v) is 5.39. The van der Waals surface area contributed by atoms with Crippen molar-refractivity contribution in [3.05, 3.63) is 28.8 Å². The maximum absolute atomic E-state index is 13.4. The standard InChI is InChI=1S/C21H29ClN2O2/c1-15-18(22)4-2-5-19(15)23-12-3-10-21(14-23)11-13-24(20(21)26)16-6-8-17(25)9-7-16/h2,4-5,16-17,25H,3,6-14H2,1H3/t16-,17-,21-/m0/s1. The molecular weight excluding hydrogens is 348 g/mol. The summed E-state index contributed by atoms with van der Waals surface area (Å²) in [4.78, 5) is 17.9. The Morgan fingerprint density at radius 2 is 1.92 bits per heavy atom. The summed E-state index contributed by atoms with van der Waals surface area (Å²) in [6.07, 6.45) is 6.38. The van der Waals surface area contributed by atoms with Crippen molar-refractivity contribution in [2.24, 2.45) is 5.41 Å². The van der Waals surface area contributed by atoms with Crippen LogP contribution in [0.15, 0.2) is 18.2 Å². The molecule has 0 unspecified atom stereocenters. The molecule has 1 aromatic carbocycles. The quantitative estimate of drug-likeness (QED) is 0.854. The summed E-state index contributed by atoms with van der Waals surface area (Å²) >= 11 is 6.33. The highest BCUT2D eigenvalue weighted by Crippen LogP contribution is 2.44. The van der Waals surface area contributed by atoms with Gasteiger partial charge >= 0.3 is 0 Å². The number of rotatable bonds is 2. The Kier molecular flexibility index (Phi) is 4.91.